The summed E-state index contributed by atoms with van der Waals surface area (Å²) in [5, 5.41) is 3.35. The minimum Gasteiger partial charge on any atom is -0.454 e. The average molecular weight is 471 g/mol. The van der Waals surface area contributed by atoms with Gasteiger partial charge in [-0.25, -0.2) is 4.79 Å². The Bertz CT molecular complexity index is 1170. The Morgan fingerprint density at radius 3 is 2.31 bits per heavy atom. The molecule has 0 aliphatic carbocycles. The number of ketones is 1. The number of hydrogen-bond acceptors (Lipinski definition) is 5. The van der Waals surface area contributed by atoms with Gasteiger partial charge in [0.1, 0.15) is 13.1 Å². The fourth-order valence-electron chi connectivity index (χ4n) is 5.53. The van der Waals surface area contributed by atoms with E-state index in [0.29, 0.717) is 34.7 Å². The molecule has 180 valence electrons. The lowest BCUT2D eigenvalue weighted by molar-refractivity contribution is -0.938. The van der Waals surface area contributed by atoms with Gasteiger partial charge in [-0.3, -0.25) is 4.79 Å². The molecule has 3 aromatic carbocycles. The van der Waals surface area contributed by atoms with Gasteiger partial charge in [0.05, 0.1) is 13.1 Å². The molecule has 2 bridgehead atoms. The molecule has 0 spiro atoms. The number of nitrogens with one attached hydrogen (secondary N) is 1. The summed E-state index contributed by atoms with van der Waals surface area (Å²) in [5.41, 5.74) is 8.86. The molecule has 6 nitrogen and oxygen atoms in total. The molecule has 3 saturated heterocycles. The number of quaternary nitrogens is 1. The molecule has 3 aliphatic heterocycles. The number of rotatable bonds is 8. The molecular weight excluding hydrogens is 438 g/mol. The summed E-state index contributed by atoms with van der Waals surface area (Å²) >= 11 is 0. The van der Waals surface area contributed by atoms with Crippen molar-refractivity contribution in [3.63, 3.8) is 0 Å². The van der Waals surface area contributed by atoms with E-state index >= 15 is 0 Å². The SMILES string of the molecule is Nc1cccc(C(=O)C[N+]23CCC(CC2)C(OC(=O)C(Nc2ccccc2)c2ccccc2)C3)c1. The van der Waals surface area contributed by atoms with Gasteiger partial charge in [0.2, 0.25) is 5.78 Å². The number of nitrogen functional groups attached to an aromatic ring is 1. The number of piperidine rings is 3. The average Bonchev–Trinajstić information content (AvgIpc) is 2.89. The lowest BCUT2D eigenvalue weighted by Gasteiger charge is -2.51. The summed E-state index contributed by atoms with van der Waals surface area (Å²) in [6, 6.07) is 26.0. The molecule has 0 amide bonds. The monoisotopic (exact) mass is 470 g/mol. The van der Waals surface area contributed by atoms with E-state index in [2.05, 4.69) is 5.32 Å². The van der Waals surface area contributed by atoms with Crippen LogP contribution in [-0.2, 0) is 9.53 Å². The minimum atomic E-state index is -0.601. The number of Topliss-reactive ketones (excluding diaryl/α,β-unsaturated/α-hetero) is 1. The van der Waals surface area contributed by atoms with E-state index in [0.717, 1.165) is 37.2 Å². The standard InChI is InChI=1S/C29H32N3O3/c30-24-11-7-10-23(18-24)26(33)19-32-16-14-21(15-17-32)27(20-32)35-29(34)28(22-8-3-1-4-9-22)31-25-12-5-2-6-13-25/h1-13,18,21,27-28,31H,14-17,19-20,30H2/q+1. The van der Waals surface area contributed by atoms with Crippen molar-refractivity contribution in [3.05, 3.63) is 96.1 Å². The van der Waals surface area contributed by atoms with Crippen molar-refractivity contribution < 1.29 is 18.8 Å². The van der Waals surface area contributed by atoms with Crippen LogP contribution in [0.5, 0.6) is 0 Å². The van der Waals surface area contributed by atoms with E-state index in [1.54, 1.807) is 12.1 Å². The second-order valence-corrected chi connectivity index (χ2v) is 9.85. The molecule has 2 unspecified atom stereocenters. The van der Waals surface area contributed by atoms with E-state index in [1.165, 1.54) is 0 Å². The Morgan fingerprint density at radius 1 is 0.943 bits per heavy atom. The maximum absolute atomic E-state index is 13.5. The van der Waals surface area contributed by atoms with Gasteiger partial charge in [0.25, 0.3) is 0 Å². The first-order valence-electron chi connectivity index (χ1n) is 12.3. The third kappa shape index (κ3) is 5.23. The number of carbonyl (C=O) groups is 2. The van der Waals surface area contributed by atoms with Crippen molar-refractivity contribution in [2.24, 2.45) is 5.92 Å². The van der Waals surface area contributed by atoms with Gasteiger partial charge >= 0.3 is 5.97 Å². The summed E-state index contributed by atoms with van der Waals surface area (Å²) in [6.45, 7) is 2.97. The number of esters is 1. The lowest BCUT2D eigenvalue weighted by Crippen LogP contribution is -2.65. The van der Waals surface area contributed by atoms with Crippen LogP contribution in [0.3, 0.4) is 0 Å². The van der Waals surface area contributed by atoms with E-state index < -0.39 is 6.04 Å². The van der Waals surface area contributed by atoms with Crippen LogP contribution in [0.4, 0.5) is 11.4 Å². The van der Waals surface area contributed by atoms with Gasteiger partial charge in [0.15, 0.2) is 12.1 Å². The normalized spacial score (nSPS) is 23.9. The number of carbonyl (C=O) groups excluding carboxylic acids is 2. The second-order valence-electron chi connectivity index (χ2n) is 9.85. The van der Waals surface area contributed by atoms with Crippen molar-refractivity contribution in [2.75, 3.05) is 37.2 Å². The van der Waals surface area contributed by atoms with Crippen molar-refractivity contribution in [3.8, 4) is 0 Å². The van der Waals surface area contributed by atoms with Gasteiger partial charge < -0.3 is 20.3 Å². The largest absolute Gasteiger partial charge is 0.454 e. The molecule has 6 heteroatoms. The number of para-hydroxylation sites is 1. The topological polar surface area (TPSA) is 81.4 Å². The molecule has 3 fully saturated rings. The number of nitrogens with two attached hydrogens (primary N) is 1. The fourth-order valence-corrected chi connectivity index (χ4v) is 5.53. The predicted octanol–water partition coefficient (Wildman–Crippen LogP) is 4.46. The first-order chi connectivity index (χ1) is 17.0. The molecule has 0 saturated carbocycles. The summed E-state index contributed by atoms with van der Waals surface area (Å²) < 4.78 is 6.87. The summed E-state index contributed by atoms with van der Waals surface area (Å²) in [6.07, 6.45) is 1.73. The Kier molecular flexibility index (Phi) is 6.55. The van der Waals surface area contributed by atoms with Crippen molar-refractivity contribution >= 4 is 23.1 Å². The van der Waals surface area contributed by atoms with Crippen molar-refractivity contribution in [2.45, 2.75) is 25.0 Å². The van der Waals surface area contributed by atoms with Crippen molar-refractivity contribution in [1.82, 2.24) is 0 Å². The highest BCUT2D eigenvalue weighted by Gasteiger charge is 2.49. The first-order valence-corrected chi connectivity index (χ1v) is 12.3. The van der Waals surface area contributed by atoms with Crippen LogP contribution in [0.15, 0.2) is 84.9 Å². The number of benzene rings is 3. The predicted molar refractivity (Wildman–Crippen MR) is 137 cm³/mol. The van der Waals surface area contributed by atoms with Gasteiger partial charge in [-0.15, -0.1) is 0 Å². The summed E-state index contributed by atoms with van der Waals surface area (Å²) in [4.78, 5) is 26.6. The number of fused-ring (bicyclic) bond motifs is 3. The quantitative estimate of drug-likeness (QED) is 0.220. The molecule has 6 rings (SSSR count). The second kappa shape index (κ2) is 9.92. The van der Waals surface area contributed by atoms with Crippen LogP contribution in [0.1, 0.15) is 34.8 Å². The Morgan fingerprint density at radius 2 is 1.63 bits per heavy atom. The Hall–Kier alpha value is -3.64. The molecule has 0 aromatic heterocycles. The highest BCUT2D eigenvalue weighted by Crippen LogP contribution is 2.36. The number of ether oxygens (including phenoxy) is 1. The van der Waals surface area contributed by atoms with Crippen LogP contribution in [0.2, 0.25) is 0 Å². The van der Waals surface area contributed by atoms with Crippen LogP contribution >= 0.6 is 0 Å². The summed E-state index contributed by atoms with van der Waals surface area (Å²) in [7, 11) is 0. The molecule has 3 aromatic rings. The van der Waals surface area contributed by atoms with E-state index in [4.69, 9.17) is 10.5 Å². The van der Waals surface area contributed by atoms with Crippen LogP contribution in [0, 0.1) is 5.92 Å². The molecular formula is C29H32N3O3+. The highest BCUT2D eigenvalue weighted by atomic mass is 16.5. The van der Waals surface area contributed by atoms with E-state index in [9.17, 15) is 9.59 Å². The maximum atomic E-state index is 13.5. The molecule has 35 heavy (non-hydrogen) atoms. The highest BCUT2D eigenvalue weighted by molar-refractivity contribution is 5.97. The van der Waals surface area contributed by atoms with E-state index in [1.807, 2.05) is 72.8 Å². The molecule has 3 aliphatic rings. The maximum Gasteiger partial charge on any atom is 0.333 e. The fraction of sp³-hybridized carbons (Fsp3) is 0.310. The molecule has 3 N–H and O–H groups in total. The Labute approximate surface area is 206 Å². The first kappa shape index (κ1) is 23.1. The number of anilines is 2. The number of hydrogen-bond donors (Lipinski definition) is 2. The minimum absolute atomic E-state index is 0.0932. The molecule has 2 atom stereocenters. The third-order valence-corrected chi connectivity index (χ3v) is 7.45. The van der Waals surface area contributed by atoms with Gasteiger partial charge in [-0.05, 0) is 29.8 Å². The zero-order valence-electron chi connectivity index (χ0n) is 19.8. The molecule has 0 radical (unpaired) electrons. The Balaban J connectivity index is 1.31. The van der Waals surface area contributed by atoms with E-state index in [-0.39, 0.29) is 17.9 Å². The lowest BCUT2D eigenvalue weighted by atomic mass is 9.82. The van der Waals surface area contributed by atoms with Gasteiger partial charge in [-0.1, -0.05) is 60.7 Å². The smallest absolute Gasteiger partial charge is 0.333 e. The van der Waals surface area contributed by atoms with Gasteiger partial charge in [0, 0.05) is 35.7 Å². The summed E-state index contributed by atoms with van der Waals surface area (Å²) in [5.74, 6) is 0.157. The zero-order valence-corrected chi connectivity index (χ0v) is 19.8. The van der Waals surface area contributed by atoms with Crippen LogP contribution < -0.4 is 11.1 Å². The van der Waals surface area contributed by atoms with Gasteiger partial charge in [-0.2, -0.15) is 0 Å². The zero-order chi connectivity index (χ0) is 24.3. The third-order valence-electron chi connectivity index (χ3n) is 7.45. The van der Waals surface area contributed by atoms with Crippen LogP contribution in [-0.4, -0.2) is 48.5 Å². The molecule has 3 heterocycles. The van der Waals surface area contributed by atoms with Crippen molar-refractivity contribution in [1.29, 1.82) is 0 Å². The number of nitrogens with zero attached hydrogens (tertiary/aromatic N) is 1. The van der Waals surface area contributed by atoms with Crippen LogP contribution in [0.25, 0.3) is 0 Å².